The summed E-state index contributed by atoms with van der Waals surface area (Å²) in [7, 11) is 0. The fourth-order valence-corrected chi connectivity index (χ4v) is 2.21. The zero-order valence-corrected chi connectivity index (χ0v) is 14.7. The molecule has 0 unspecified atom stereocenters. The van der Waals surface area contributed by atoms with Crippen molar-refractivity contribution in [3.63, 3.8) is 0 Å². The van der Waals surface area contributed by atoms with Crippen LogP contribution in [0.15, 0.2) is 60.4 Å². The van der Waals surface area contributed by atoms with E-state index in [-0.39, 0.29) is 22.8 Å². The molecule has 0 aromatic heterocycles. The first kappa shape index (κ1) is 19.1. The summed E-state index contributed by atoms with van der Waals surface area (Å²) in [6.07, 6.45) is 1.20. The van der Waals surface area contributed by atoms with Gasteiger partial charge in [-0.05, 0) is 25.1 Å². The Balaban J connectivity index is 2.16. The minimum Gasteiger partial charge on any atom is -0.507 e. The number of hydrogen-bond donors (Lipinski definition) is 2. The molecule has 0 bridgehead atoms. The van der Waals surface area contributed by atoms with Gasteiger partial charge in [0.25, 0.3) is 0 Å². The number of phenolic OH excluding ortho intramolecular Hbond substituents is 1. The fraction of sp³-hybridized carbons (Fsp3) is 0.200. The predicted octanol–water partition coefficient (Wildman–Crippen LogP) is 3.74. The number of carbonyl (C=O) groups excluding carboxylic acids is 2. The van der Waals surface area contributed by atoms with Crippen molar-refractivity contribution in [2.45, 2.75) is 26.6 Å². The minimum absolute atomic E-state index is 0.130. The van der Waals surface area contributed by atoms with Gasteiger partial charge in [0.15, 0.2) is 11.5 Å². The van der Waals surface area contributed by atoms with Gasteiger partial charge in [0.2, 0.25) is 5.79 Å². The molecule has 0 aliphatic carbocycles. The summed E-state index contributed by atoms with van der Waals surface area (Å²) in [5.41, 5.74) is 0.581. The molecule has 0 aliphatic heterocycles. The van der Waals surface area contributed by atoms with Crippen LogP contribution in [0.25, 0.3) is 0 Å². The highest BCUT2D eigenvalue weighted by molar-refractivity contribution is 6.10. The van der Waals surface area contributed by atoms with Crippen molar-refractivity contribution in [3.8, 4) is 11.5 Å². The Kier molecular flexibility index (Phi) is 5.67. The van der Waals surface area contributed by atoms with E-state index in [0.29, 0.717) is 5.56 Å². The van der Waals surface area contributed by atoms with Gasteiger partial charge in [-0.25, -0.2) is 4.79 Å². The molecule has 0 spiro atoms. The first-order valence-electron chi connectivity index (χ1n) is 7.94. The Morgan fingerprint density at radius 3 is 2.31 bits per heavy atom. The topological polar surface area (TPSA) is 93.1 Å². The summed E-state index contributed by atoms with van der Waals surface area (Å²) in [6, 6.07) is 12.8. The molecule has 0 radical (unpaired) electrons. The second-order valence-corrected chi connectivity index (χ2v) is 5.94. The third-order valence-electron chi connectivity index (χ3n) is 3.43. The van der Waals surface area contributed by atoms with Gasteiger partial charge in [-0.3, -0.25) is 4.79 Å². The molecule has 2 N–H and O–H groups in total. The Morgan fingerprint density at radius 2 is 1.73 bits per heavy atom. The number of carbonyl (C=O) groups is 2. The van der Waals surface area contributed by atoms with E-state index in [9.17, 15) is 19.8 Å². The number of aliphatic hydroxyl groups is 1. The average Bonchev–Trinajstić information content (AvgIpc) is 2.60. The summed E-state index contributed by atoms with van der Waals surface area (Å²) < 4.78 is 10.6. The molecule has 6 heteroatoms. The molecule has 0 heterocycles. The normalized spacial score (nSPS) is 11.7. The molecule has 6 nitrogen and oxygen atoms in total. The standard InChI is InChI=1S/C20H20O6/c1-4-16(21)19(24)26-20(2,3)25-14-10-11-15(17(22)12-14)18(23)13-8-6-5-7-9-13/h4-12,21-22H,1-3H3. The third kappa shape index (κ3) is 4.63. The van der Waals surface area contributed by atoms with Gasteiger partial charge < -0.3 is 19.7 Å². The molecule has 0 amide bonds. The summed E-state index contributed by atoms with van der Waals surface area (Å²) in [5.74, 6) is -3.24. The summed E-state index contributed by atoms with van der Waals surface area (Å²) >= 11 is 0. The molecule has 0 aliphatic rings. The molecular formula is C20H20O6. The molecule has 2 aromatic rings. The van der Waals surface area contributed by atoms with E-state index < -0.39 is 17.5 Å². The van der Waals surface area contributed by atoms with Crippen molar-refractivity contribution in [2.75, 3.05) is 0 Å². The first-order valence-corrected chi connectivity index (χ1v) is 7.94. The zero-order chi connectivity index (χ0) is 19.3. The van der Waals surface area contributed by atoms with Crippen LogP contribution in [-0.4, -0.2) is 27.8 Å². The zero-order valence-electron chi connectivity index (χ0n) is 14.7. The van der Waals surface area contributed by atoms with Crippen LogP contribution in [0.4, 0.5) is 0 Å². The van der Waals surface area contributed by atoms with Crippen LogP contribution in [0.2, 0.25) is 0 Å². The molecule has 136 valence electrons. The highest BCUT2D eigenvalue weighted by Crippen LogP contribution is 2.28. The average molecular weight is 356 g/mol. The Bertz CT molecular complexity index is 837. The van der Waals surface area contributed by atoms with E-state index in [1.807, 2.05) is 0 Å². The molecule has 26 heavy (non-hydrogen) atoms. The second kappa shape index (κ2) is 7.74. The maximum atomic E-state index is 12.4. The van der Waals surface area contributed by atoms with Crippen LogP contribution in [0.3, 0.4) is 0 Å². The van der Waals surface area contributed by atoms with E-state index in [2.05, 4.69) is 0 Å². The quantitative estimate of drug-likeness (QED) is 0.269. The summed E-state index contributed by atoms with van der Waals surface area (Å²) in [6.45, 7) is 4.45. The van der Waals surface area contributed by atoms with E-state index >= 15 is 0 Å². The number of aliphatic hydroxyl groups excluding tert-OH is 1. The molecule has 0 saturated carbocycles. The van der Waals surface area contributed by atoms with E-state index in [1.165, 1.54) is 45.0 Å². The Hall–Kier alpha value is -3.28. The Morgan fingerprint density at radius 1 is 1.08 bits per heavy atom. The van der Waals surface area contributed by atoms with Gasteiger partial charge in [0.05, 0.1) is 5.56 Å². The smallest absolute Gasteiger partial charge is 0.376 e. The first-order chi connectivity index (χ1) is 12.2. The second-order valence-electron chi connectivity index (χ2n) is 5.94. The van der Waals surface area contributed by atoms with Crippen molar-refractivity contribution in [3.05, 3.63) is 71.5 Å². The lowest BCUT2D eigenvalue weighted by Gasteiger charge is -2.26. The fourth-order valence-electron chi connectivity index (χ4n) is 2.21. The minimum atomic E-state index is -1.40. The van der Waals surface area contributed by atoms with Crippen LogP contribution in [0.1, 0.15) is 36.7 Å². The number of benzene rings is 2. The molecule has 0 saturated heterocycles. The number of ether oxygens (including phenoxy) is 2. The van der Waals surface area contributed by atoms with Crippen LogP contribution >= 0.6 is 0 Å². The van der Waals surface area contributed by atoms with Crippen LogP contribution in [-0.2, 0) is 9.53 Å². The molecule has 0 atom stereocenters. The number of phenols is 1. The van der Waals surface area contributed by atoms with E-state index in [1.54, 1.807) is 30.3 Å². The number of aromatic hydroxyl groups is 1. The number of rotatable bonds is 6. The van der Waals surface area contributed by atoms with Crippen molar-refractivity contribution < 1.29 is 29.3 Å². The molecule has 2 aromatic carbocycles. The molecular weight excluding hydrogens is 336 g/mol. The van der Waals surface area contributed by atoms with E-state index in [4.69, 9.17) is 9.47 Å². The summed E-state index contributed by atoms with van der Waals surface area (Å²) in [5, 5.41) is 19.5. The van der Waals surface area contributed by atoms with Crippen molar-refractivity contribution in [2.24, 2.45) is 0 Å². The lowest BCUT2D eigenvalue weighted by Crippen LogP contribution is -2.35. The van der Waals surface area contributed by atoms with Gasteiger partial charge in [-0.2, -0.15) is 0 Å². The van der Waals surface area contributed by atoms with Gasteiger partial charge in [0, 0.05) is 25.5 Å². The monoisotopic (exact) mass is 356 g/mol. The van der Waals surface area contributed by atoms with Gasteiger partial charge in [-0.15, -0.1) is 0 Å². The highest BCUT2D eigenvalue weighted by atomic mass is 16.7. The maximum Gasteiger partial charge on any atom is 0.376 e. The lowest BCUT2D eigenvalue weighted by molar-refractivity contribution is -0.184. The van der Waals surface area contributed by atoms with Gasteiger partial charge in [-0.1, -0.05) is 30.3 Å². The van der Waals surface area contributed by atoms with Crippen LogP contribution in [0.5, 0.6) is 11.5 Å². The highest BCUT2D eigenvalue weighted by Gasteiger charge is 2.27. The van der Waals surface area contributed by atoms with Crippen LogP contribution in [0, 0.1) is 0 Å². The van der Waals surface area contributed by atoms with Crippen molar-refractivity contribution in [1.29, 1.82) is 0 Å². The van der Waals surface area contributed by atoms with Gasteiger partial charge in [0.1, 0.15) is 11.5 Å². The third-order valence-corrected chi connectivity index (χ3v) is 3.43. The lowest BCUT2D eigenvalue weighted by atomic mass is 10.0. The maximum absolute atomic E-state index is 12.4. The van der Waals surface area contributed by atoms with Crippen LogP contribution < -0.4 is 4.74 Å². The number of allylic oxidation sites excluding steroid dienone is 1. The van der Waals surface area contributed by atoms with E-state index in [0.717, 1.165) is 0 Å². The molecule has 2 rings (SSSR count). The number of esters is 1. The SMILES string of the molecule is CC=C(O)C(=O)OC(C)(C)Oc1ccc(C(=O)c2ccccc2)c(O)c1. The molecule has 0 fully saturated rings. The van der Waals surface area contributed by atoms with Gasteiger partial charge >= 0.3 is 5.97 Å². The largest absolute Gasteiger partial charge is 0.507 e. The number of ketones is 1. The summed E-state index contributed by atoms with van der Waals surface area (Å²) in [4.78, 5) is 24.0. The van der Waals surface area contributed by atoms with Crippen molar-refractivity contribution in [1.82, 2.24) is 0 Å². The van der Waals surface area contributed by atoms with Crippen molar-refractivity contribution >= 4 is 11.8 Å². The Labute approximate surface area is 151 Å². The predicted molar refractivity (Wildman–Crippen MR) is 95.2 cm³/mol. The number of hydrogen-bond acceptors (Lipinski definition) is 6.